The molecule has 0 saturated heterocycles. The molecular formula is C10H11Cl2F3. The quantitative estimate of drug-likeness (QED) is 0.589. The lowest BCUT2D eigenvalue weighted by molar-refractivity contribution is -0.138. The zero-order valence-electron chi connectivity index (χ0n) is 8.54. The van der Waals surface area contributed by atoms with Gasteiger partial charge in [0.25, 0.3) is 0 Å². The van der Waals surface area contributed by atoms with Crippen molar-refractivity contribution >= 4 is 23.2 Å². The predicted molar refractivity (Wildman–Crippen MR) is 57.5 cm³/mol. The third kappa shape index (κ3) is 3.92. The average molecular weight is 259 g/mol. The number of benzene rings is 1. The fourth-order valence-corrected chi connectivity index (χ4v) is 1.33. The molecule has 5 heteroatoms. The molecule has 0 aliphatic carbocycles. The van der Waals surface area contributed by atoms with Gasteiger partial charge in [-0.15, -0.1) is 0 Å². The second-order valence-electron chi connectivity index (χ2n) is 2.58. The molecule has 0 radical (unpaired) electrons. The second-order valence-corrected chi connectivity index (χ2v) is 3.39. The minimum Gasteiger partial charge on any atom is -0.166 e. The van der Waals surface area contributed by atoms with Crippen LogP contribution in [0.3, 0.4) is 0 Å². The van der Waals surface area contributed by atoms with E-state index in [-0.39, 0.29) is 15.6 Å². The molecule has 1 aromatic rings. The molecule has 86 valence electrons. The molecule has 0 saturated carbocycles. The van der Waals surface area contributed by atoms with Crippen molar-refractivity contribution < 1.29 is 13.2 Å². The van der Waals surface area contributed by atoms with Crippen molar-refractivity contribution in [2.24, 2.45) is 0 Å². The molecule has 0 aromatic heterocycles. The lowest BCUT2D eigenvalue weighted by atomic mass is 10.1. The maximum absolute atomic E-state index is 12.3. The fourth-order valence-electron chi connectivity index (χ4n) is 0.952. The van der Waals surface area contributed by atoms with Crippen LogP contribution >= 0.6 is 23.2 Å². The van der Waals surface area contributed by atoms with Crippen LogP contribution in [0.25, 0.3) is 0 Å². The Balaban J connectivity index is 0.000000921. The van der Waals surface area contributed by atoms with Crippen LogP contribution in [-0.2, 0) is 6.18 Å². The first kappa shape index (κ1) is 14.6. The second kappa shape index (κ2) is 5.61. The van der Waals surface area contributed by atoms with Gasteiger partial charge in [-0.05, 0) is 24.6 Å². The van der Waals surface area contributed by atoms with Gasteiger partial charge in [-0.25, -0.2) is 0 Å². The third-order valence-corrected chi connectivity index (χ3v) is 2.29. The van der Waals surface area contributed by atoms with Crippen molar-refractivity contribution in [1.82, 2.24) is 0 Å². The number of halogens is 5. The summed E-state index contributed by atoms with van der Waals surface area (Å²) < 4.78 is 36.8. The minimum atomic E-state index is -4.38. The van der Waals surface area contributed by atoms with E-state index in [0.717, 1.165) is 6.07 Å². The molecule has 0 aliphatic rings. The maximum atomic E-state index is 12.3. The maximum Gasteiger partial charge on any atom is 0.416 e. The summed E-state index contributed by atoms with van der Waals surface area (Å²) in [6.45, 7) is 5.34. The number of hydrogen-bond donors (Lipinski definition) is 0. The van der Waals surface area contributed by atoms with Gasteiger partial charge in [0, 0.05) is 0 Å². The molecule has 0 N–H and O–H groups in total. The van der Waals surface area contributed by atoms with E-state index in [2.05, 4.69) is 0 Å². The summed E-state index contributed by atoms with van der Waals surface area (Å²) in [7, 11) is 0. The Kier molecular flexibility index (Phi) is 5.46. The van der Waals surface area contributed by atoms with E-state index in [1.165, 1.54) is 13.0 Å². The number of alkyl halides is 3. The summed E-state index contributed by atoms with van der Waals surface area (Å²) in [6.07, 6.45) is -4.38. The van der Waals surface area contributed by atoms with Gasteiger partial charge >= 0.3 is 6.18 Å². The highest BCUT2D eigenvalue weighted by molar-refractivity contribution is 6.42. The van der Waals surface area contributed by atoms with Crippen LogP contribution in [0.1, 0.15) is 25.0 Å². The van der Waals surface area contributed by atoms with Gasteiger partial charge < -0.3 is 0 Å². The van der Waals surface area contributed by atoms with Crippen molar-refractivity contribution in [1.29, 1.82) is 0 Å². The predicted octanol–water partition coefficient (Wildman–Crippen LogP) is 5.35. The van der Waals surface area contributed by atoms with Crippen molar-refractivity contribution in [2.45, 2.75) is 26.9 Å². The highest BCUT2D eigenvalue weighted by atomic mass is 35.5. The number of hydrogen-bond acceptors (Lipinski definition) is 0. The van der Waals surface area contributed by atoms with Gasteiger partial charge in [0.05, 0.1) is 15.6 Å². The lowest BCUT2D eigenvalue weighted by Crippen LogP contribution is -2.07. The monoisotopic (exact) mass is 258 g/mol. The summed E-state index contributed by atoms with van der Waals surface area (Å²) in [6, 6.07) is 2.03. The Hall–Kier alpha value is -0.410. The van der Waals surface area contributed by atoms with Crippen LogP contribution in [0.15, 0.2) is 12.1 Å². The number of rotatable bonds is 0. The highest BCUT2D eigenvalue weighted by Gasteiger charge is 2.32. The van der Waals surface area contributed by atoms with Crippen LogP contribution in [0.2, 0.25) is 10.0 Å². The third-order valence-electron chi connectivity index (χ3n) is 1.57. The van der Waals surface area contributed by atoms with E-state index in [9.17, 15) is 13.2 Å². The Morgan fingerprint density at radius 1 is 1.00 bits per heavy atom. The van der Waals surface area contributed by atoms with Gasteiger partial charge in [0.1, 0.15) is 0 Å². The average Bonchev–Trinajstić information content (AvgIpc) is 2.13. The standard InChI is InChI=1S/C8H5Cl2F3.C2H6/c1-4-2-6(9)7(10)3-5(4)8(11,12)13;1-2/h2-3H,1H3;1-2H3. The Morgan fingerprint density at radius 2 is 1.40 bits per heavy atom. The zero-order valence-corrected chi connectivity index (χ0v) is 10.1. The first-order valence-electron chi connectivity index (χ1n) is 4.35. The molecule has 0 atom stereocenters. The number of aryl methyl sites for hydroxylation is 1. The van der Waals surface area contributed by atoms with E-state index in [1.807, 2.05) is 13.8 Å². The van der Waals surface area contributed by atoms with Crippen molar-refractivity contribution in [3.63, 3.8) is 0 Å². The van der Waals surface area contributed by atoms with Gasteiger partial charge in [0.2, 0.25) is 0 Å². The van der Waals surface area contributed by atoms with Crippen molar-refractivity contribution in [3.05, 3.63) is 33.3 Å². The van der Waals surface area contributed by atoms with Gasteiger partial charge in [-0.2, -0.15) is 13.2 Å². The van der Waals surface area contributed by atoms with E-state index in [4.69, 9.17) is 23.2 Å². The molecule has 0 spiro atoms. The first-order valence-corrected chi connectivity index (χ1v) is 5.11. The SMILES string of the molecule is CC.Cc1cc(Cl)c(Cl)cc1C(F)(F)F. The van der Waals surface area contributed by atoms with Crippen LogP contribution in [0.5, 0.6) is 0 Å². The summed E-state index contributed by atoms with van der Waals surface area (Å²) >= 11 is 11.0. The normalized spacial score (nSPS) is 10.7. The van der Waals surface area contributed by atoms with E-state index in [0.29, 0.717) is 0 Å². The van der Waals surface area contributed by atoms with Gasteiger partial charge in [-0.1, -0.05) is 37.0 Å². The van der Waals surface area contributed by atoms with Crippen LogP contribution in [-0.4, -0.2) is 0 Å². The lowest BCUT2D eigenvalue weighted by Gasteiger charge is -2.10. The van der Waals surface area contributed by atoms with E-state index >= 15 is 0 Å². The first-order chi connectivity index (χ1) is 6.82. The van der Waals surface area contributed by atoms with Crippen LogP contribution < -0.4 is 0 Å². The van der Waals surface area contributed by atoms with Gasteiger partial charge in [-0.3, -0.25) is 0 Å². The molecule has 15 heavy (non-hydrogen) atoms. The van der Waals surface area contributed by atoms with Crippen molar-refractivity contribution in [2.75, 3.05) is 0 Å². The van der Waals surface area contributed by atoms with Crippen LogP contribution in [0, 0.1) is 6.92 Å². The van der Waals surface area contributed by atoms with Crippen LogP contribution in [0.4, 0.5) is 13.2 Å². The molecule has 1 rings (SSSR count). The zero-order chi connectivity index (χ0) is 12.2. The molecular weight excluding hydrogens is 248 g/mol. The Labute approximate surface area is 97.0 Å². The summed E-state index contributed by atoms with van der Waals surface area (Å²) in [5.41, 5.74) is -0.677. The molecule has 0 amide bonds. The molecule has 0 aliphatic heterocycles. The van der Waals surface area contributed by atoms with Crippen molar-refractivity contribution in [3.8, 4) is 0 Å². The molecule has 0 heterocycles. The highest BCUT2D eigenvalue weighted by Crippen LogP contribution is 2.36. The summed E-state index contributed by atoms with van der Waals surface area (Å²) in [4.78, 5) is 0. The fraction of sp³-hybridized carbons (Fsp3) is 0.400. The van der Waals surface area contributed by atoms with E-state index < -0.39 is 11.7 Å². The largest absolute Gasteiger partial charge is 0.416 e. The summed E-state index contributed by atoms with van der Waals surface area (Å²) in [5.74, 6) is 0. The molecule has 1 aromatic carbocycles. The molecule has 0 unspecified atom stereocenters. The molecule has 0 nitrogen and oxygen atoms in total. The summed E-state index contributed by atoms with van der Waals surface area (Å²) in [5, 5.41) is 0.0479. The van der Waals surface area contributed by atoms with E-state index in [1.54, 1.807) is 0 Å². The topological polar surface area (TPSA) is 0 Å². The minimum absolute atomic E-state index is 0.0712. The molecule has 0 fully saturated rings. The van der Waals surface area contributed by atoms with Gasteiger partial charge in [0.15, 0.2) is 0 Å². The Morgan fingerprint density at radius 3 is 1.80 bits per heavy atom. The Bertz CT molecular complexity index is 332. The smallest absolute Gasteiger partial charge is 0.166 e. The molecule has 0 bridgehead atoms.